The molecule has 1 unspecified atom stereocenters. The second-order valence-corrected chi connectivity index (χ2v) is 5.38. The average molecular weight is 345 g/mol. The molecule has 2 nitrogen and oxygen atoms in total. The van der Waals surface area contributed by atoms with Crippen LogP contribution in [0.1, 0.15) is 11.6 Å². The van der Waals surface area contributed by atoms with Crippen LogP contribution in [0.2, 0.25) is 5.02 Å². The summed E-state index contributed by atoms with van der Waals surface area (Å²) in [5, 5.41) is 13.1. The van der Waals surface area contributed by atoms with E-state index in [9.17, 15) is 9.50 Å². The van der Waals surface area contributed by atoms with Crippen molar-refractivity contribution >= 4 is 33.2 Å². The van der Waals surface area contributed by atoms with Gasteiger partial charge in [-0.25, -0.2) is 4.39 Å². The molecule has 1 atom stereocenters. The van der Waals surface area contributed by atoms with Gasteiger partial charge in [-0.05, 0) is 35.9 Å². The highest BCUT2D eigenvalue weighted by Crippen LogP contribution is 2.28. The molecular weight excluding hydrogens is 333 g/mol. The number of anilines is 1. The van der Waals surface area contributed by atoms with Crippen molar-refractivity contribution in [2.75, 3.05) is 11.9 Å². The van der Waals surface area contributed by atoms with Gasteiger partial charge >= 0.3 is 0 Å². The van der Waals surface area contributed by atoms with Gasteiger partial charge in [-0.3, -0.25) is 0 Å². The van der Waals surface area contributed by atoms with Gasteiger partial charge in [0, 0.05) is 15.2 Å². The van der Waals surface area contributed by atoms with Crippen LogP contribution in [0.15, 0.2) is 46.9 Å². The van der Waals surface area contributed by atoms with E-state index in [1.54, 1.807) is 18.2 Å². The molecule has 100 valence electrons. The molecule has 0 aromatic heterocycles. The maximum atomic E-state index is 13.1. The van der Waals surface area contributed by atoms with Gasteiger partial charge in [-0.15, -0.1) is 0 Å². The average Bonchev–Trinajstić information content (AvgIpc) is 2.37. The zero-order valence-electron chi connectivity index (χ0n) is 9.91. The summed E-state index contributed by atoms with van der Waals surface area (Å²) in [4.78, 5) is 0. The number of aliphatic hydroxyl groups excluding tert-OH is 1. The lowest BCUT2D eigenvalue weighted by atomic mass is 10.1. The molecule has 2 aromatic rings. The molecule has 0 saturated carbocycles. The summed E-state index contributed by atoms with van der Waals surface area (Å²) in [6, 6.07) is 11.1. The molecule has 0 aliphatic rings. The summed E-state index contributed by atoms with van der Waals surface area (Å²) in [7, 11) is 0. The Balaban J connectivity index is 2.25. The van der Waals surface area contributed by atoms with Gasteiger partial charge in [0.05, 0.1) is 12.6 Å². The second-order valence-electron chi connectivity index (χ2n) is 4.06. The van der Waals surface area contributed by atoms with Crippen LogP contribution in [-0.2, 0) is 0 Å². The molecule has 5 heteroatoms. The summed E-state index contributed by atoms with van der Waals surface area (Å²) >= 11 is 9.47. The molecule has 0 bridgehead atoms. The maximum absolute atomic E-state index is 13.1. The van der Waals surface area contributed by atoms with Crippen LogP contribution in [0, 0.1) is 5.82 Å². The summed E-state index contributed by atoms with van der Waals surface area (Å²) in [6.07, 6.45) is 0. The van der Waals surface area contributed by atoms with Crippen LogP contribution in [0.5, 0.6) is 0 Å². The first-order valence-corrected chi connectivity index (χ1v) is 6.85. The molecular formula is C14H12BrClFNO. The minimum atomic E-state index is -0.387. The summed E-state index contributed by atoms with van der Waals surface area (Å²) in [6.45, 7) is -0.141. The number of nitrogens with one attached hydrogen (secondary N) is 1. The van der Waals surface area contributed by atoms with Gasteiger partial charge in [-0.2, -0.15) is 0 Å². The maximum Gasteiger partial charge on any atom is 0.125 e. The number of halogens is 3. The Hall–Kier alpha value is -1.10. The Morgan fingerprint density at radius 1 is 1.26 bits per heavy atom. The van der Waals surface area contributed by atoms with Crippen molar-refractivity contribution in [3.63, 3.8) is 0 Å². The topological polar surface area (TPSA) is 32.3 Å². The highest BCUT2D eigenvalue weighted by Gasteiger charge is 2.14. The smallest absolute Gasteiger partial charge is 0.125 e. The number of hydrogen-bond donors (Lipinski definition) is 2. The molecule has 0 saturated heterocycles. The Morgan fingerprint density at radius 2 is 2.05 bits per heavy atom. The van der Waals surface area contributed by atoms with Gasteiger partial charge in [0.25, 0.3) is 0 Å². The number of benzene rings is 2. The quantitative estimate of drug-likeness (QED) is 0.862. The predicted molar refractivity (Wildman–Crippen MR) is 79.0 cm³/mol. The Labute approximate surface area is 124 Å². The molecule has 0 amide bonds. The normalized spacial score (nSPS) is 12.2. The van der Waals surface area contributed by atoms with E-state index in [0.29, 0.717) is 10.7 Å². The predicted octanol–water partition coefficient (Wildman–Crippen LogP) is 4.39. The van der Waals surface area contributed by atoms with Crippen LogP contribution in [0.25, 0.3) is 0 Å². The van der Waals surface area contributed by atoms with Crippen LogP contribution in [0.3, 0.4) is 0 Å². The van der Waals surface area contributed by atoms with Crippen molar-refractivity contribution in [3.8, 4) is 0 Å². The first-order chi connectivity index (χ1) is 9.10. The van der Waals surface area contributed by atoms with E-state index in [2.05, 4.69) is 21.2 Å². The van der Waals surface area contributed by atoms with Crippen molar-refractivity contribution in [1.29, 1.82) is 0 Å². The fourth-order valence-electron chi connectivity index (χ4n) is 1.79. The molecule has 2 aromatic carbocycles. The van der Waals surface area contributed by atoms with E-state index in [-0.39, 0.29) is 18.5 Å². The number of aliphatic hydroxyl groups is 1. The molecule has 0 aliphatic heterocycles. The van der Waals surface area contributed by atoms with E-state index in [1.165, 1.54) is 12.1 Å². The number of rotatable bonds is 4. The molecule has 2 rings (SSSR count). The Kier molecular flexibility index (Phi) is 4.80. The molecule has 0 aliphatic carbocycles. The van der Waals surface area contributed by atoms with Crippen LogP contribution in [0.4, 0.5) is 10.1 Å². The highest BCUT2D eigenvalue weighted by molar-refractivity contribution is 9.10. The standard InChI is InChI=1S/C14H12BrClFNO/c15-9-4-5-12(13(16)6-9)14(8-19)18-11-3-1-2-10(17)7-11/h1-7,14,18-19H,8H2. The van der Waals surface area contributed by atoms with Gasteiger partial charge in [-0.1, -0.05) is 39.7 Å². The van der Waals surface area contributed by atoms with Crippen LogP contribution < -0.4 is 5.32 Å². The van der Waals surface area contributed by atoms with Gasteiger partial charge in [0.2, 0.25) is 0 Å². The lowest BCUT2D eigenvalue weighted by molar-refractivity contribution is 0.276. The van der Waals surface area contributed by atoms with Crippen molar-refractivity contribution in [2.45, 2.75) is 6.04 Å². The second kappa shape index (κ2) is 6.37. The van der Waals surface area contributed by atoms with E-state index in [0.717, 1.165) is 10.0 Å². The summed E-state index contributed by atoms with van der Waals surface area (Å²) < 4.78 is 14.0. The van der Waals surface area contributed by atoms with Crippen molar-refractivity contribution in [3.05, 3.63) is 63.3 Å². The zero-order chi connectivity index (χ0) is 13.8. The lowest BCUT2D eigenvalue weighted by Gasteiger charge is -2.19. The third-order valence-electron chi connectivity index (χ3n) is 2.69. The largest absolute Gasteiger partial charge is 0.394 e. The van der Waals surface area contributed by atoms with Crippen LogP contribution >= 0.6 is 27.5 Å². The SMILES string of the molecule is OCC(Nc1cccc(F)c1)c1ccc(Br)cc1Cl. The summed E-state index contributed by atoms with van der Waals surface area (Å²) in [5.41, 5.74) is 1.36. The third kappa shape index (κ3) is 3.69. The third-order valence-corrected chi connectivity index (χ3v) is 3.51. The summed E-state index contributed by atoms with van der Waals surface area (Å²) in [5.74, 6) is -0.330. The molecule has 19 heavy (non-hydrogen) atoms. The molecule has 0 fully saturated rings. The van der Waals surface area contributed by atoms with Crippen molar-refractivity contribution < 1.29 is 9.50 Å². The Bertz CT molecular complexity index is 579. The van der Waals surface area contributed by atoms with E-state index in [1.807, 2.05) is 12.1 Å². The minimum Gasteiger partial charge on any atom is -0.394 e. The monoisotopic (exact) mass is 343 g/mol. The lowest BCUT2D eigenvalue weighted by Crippen LogP contribution is -2.15. The van der Waals surface area contributed by atoms with Crippen molar-refractivity contribution in [2.24, 2.45) is 0 Å². The van der Waals surface area contributed by atoms with E-state index >= 15 is 0 Å². The number of hydrogen-bond acceptors (Lipinski definition) is 2. The molecule has 0 heterocycles. The molecule has 2 N–H and O–H groups in total. The van der Waals surface area contributed by atoms with Gasteiger partial charge < -0.3 is 10.4 Å². The van der Waals surface area contributed by atoms with E-state index < -0.39 is 0 Å². The fourth-order valence-corrected chi connectivity index (χ4v) is 2.59. The molecule has 0 radical (unpaired) electrons. The highest BCUT2D eigenvalue weighted by atomic mass is 79.9. The molecule has 0 spiro atoms. The fraction of sp³-hybridized carbons (Fsp3) is 0.143. The minimum absolute atomic E-state index is 0.141. The van der Waals surface area contributed by atoms with E-state index in [4.69, 9.17) is 11.6 Å². The Morgan fingerprint density at radius 3 is 2.68 bits per heavy atom. The van der Waals surface area contributed by atoms with Gasteiger partial charge in [0.1, 0.15) is 5.82 Å². The van der Waals surface area contributed by atoms with Crippen molar-refractivity contribution in [1.82, 2.24) is 0 Å². The first kappa shape index (κ1) is 14.3. The van der Waals surface area contributed by atoms with Crippen LogP contribution in [-0.4, -0.2) is 11.7 Å². The first-order valence-electron chi connectivity index (χ1n) is 5.68. The van der Waals surface area contributed by atoms with Gasteiger partial charge in [0.15, 0.2) is 0 Å². The zero-order valence-corrected chi connectivity index (χ0v) is 12.2.